The zero-order valence-electron chi connectivity index (χ0n) is 11.9. The van der Waals surface area contributed by atoms with Gasteiger partial charge in [0.1, 0.15) is 6.54 Å². The van der Waals surface area contributed by atoms with Crippen LogP contribution in [0.25, 0.3) is 10.8 Å². The van der Waals surface area contributed by atoms with Gasteiger partial charge in [-0.25, -0.2) is 4.68 Å². The zero-order valence-corrected chi connectivity index (χ0v) is 11.9. The third kappa shape index (κ3) is 2.46. The summed E-state index contributed by atoms with van der Waals surface area (Å²) in [5, 5.41) is 5.49. The maximum atomic E-state index is 12.4. The van der Waals surface area contributed by atoms with Crippen LogP contribution in [0.4, 0.5) is 0 Å². The van der Waals surface area contributed by atoms with Gasteiger partial charge in [0, 0.05) is 11.9 Å². The Kier molecular flexibility index (Phi) is 3.56. The lowest BCUT2D eigenvalue weighted by Crippen LogP contribution is -2.40. The minimum Gasteiger partial charge on any atom is -0.331 e. The van der Waals surface area contributed by atoms with E-state index in [0.29, 0.717) is 11.9 Å². The summed E-state index contributed by atoms with van der Waals surface area (Å²) in [6.07, 6.45) is 6.53. The van der Waals surface area contributed by atoms with E-state index < -0.39 is 0 Å². The summed E-state index contributed by atoms with van der Waals surface area (Å²) in [6, 6.07) is 7.40. The number of hydrogen-bond acceptors (Lipinski definition) is 3. The molecule has 1 amide bonds. The van der Waals surface area contributed by atoms with E-state index in [9.17, 15) is 9.59 Å². The van der Waals surface area contributed by atoms with Gasteiger partial charge in [0.05, 0.1) is 17.6 Å². The molecule has 3 rings (SSSR count). The van der Waals surface area contributed by atoms with E-state index in [1.165, 1.54) is 4.68 Å². The molecule has 21 heavy (non-hydrogen) atoms. The Morgan fingerprint density at radius 2 is 2.19 bits per heavy atom. The molecule has 1 aromatic carbocycles. The van der Waals surface area contributed by atoms with Crippen LogP contribution in [0.3, 0.4) is 0 Å². The van der Waals surface area contributed by atoms with Gasteiger partial charge in [0.2, 0.25) is 5.91 Å². The predicted octanol–water partition coefficient (Wildman–Crippen LogP) is 1.57. The number of hydrogen-bond donors (Lipinski definition) is 0. The number of aromatic nitrogens is 2. The molecule has 0 radical (unpaired) electrons. The summed E-state index contributed by atoms with van der Waals surface area (Å²) in [4.78, 5) is 26.5. The Hall–Kier alpha value is -2.43. The molecule has 0 bridgehead atoms. The largest absolute Gasteiger partial charge is 0.331 e. The van der Waals surface area contributed by atoms with Gasteiger partial charge in [-0.15, -0.1) is 0 Å². The number of carbonyl (C=O) groups excluding carboxylic acids is 1. The van der Waals surface area contributed by atoms with Gasteiger partial charge in [-0.2, -0.15) is 5.10 Å². The highest BCUT2D eigenvalue weighted by Crippen LogP contribution is 2.13. The quantitative estimate of drug-likeness (QED) is 0.804. The van der Waals surface area contributed by atoms with Crippen molar-refractivity contribution in [3.05, 3.63) is 53.0 Å². The van der Waals surface area contributed by atoms with E-state index in [1.54, 1.807) is 17.2 Å². The highest BCUT2D eigenvalue weighted by atomic mass is 16.2. The molecule has 1 aromatic heterocycles. The Bertz CT molecular complexity index is 763. The molecule has 5 nitrogen and oxygen atoms in total. The summed E-state index contributed by atoms with van der Waals surface area (Å²) < 4.78 is 1.25. The summed E-state index contributed by atoms with van der Waals surface area (Å²) in [5.41, 5.74) is -0.221. The zero-order chi connectivity index (χ0) is 14.8. The average Bonchev–Trinajstić information content (AvgIpc) is 2.99. The SMILES string of the molecule is CCC1C=CCN1C(=O)Cn1ncc2ccccc2c1=O. The number of nitrogens with zero attached hydrogens (tertiary/aromatic N) is 3. The fourth-order valence-corrected chi connectivity index (χ4v) is 2.67. The molecule has 1 atom stereocenters. The van der Waals surface area contributed by atoms with Crippen molar-refractivity contribution >= 4 is 16.7 Å². The molecular weight excluding hydrogens is 266 g/mol. The highest BCUT2D eigenvalue weighted by molar-refractivity contribution is 5.81. The first-order valence-corrected chi connectivity index (χ1v) is 7.11. The van der Waals surface area contributed by atoms with E-state index in [0.717, 1.165) is 11.8 Å². The van der Waals surface area contributed by atoms with Crippen molar-refractivity contribution in [2.75, 3.05) is 6.54 Å². The van der Waals surface area contributed by atoms with E-state index in [4.69, 9.17) is 0 Å². The molecule has 0 saturated carbocycles. The topological polar surface area (TPSA) is 55.2 Å². The first-order chi connectivity index (χ1) is 10.2. The molecule has 108 valence electrons. The van der Waals surface area contributed by atoms with E-state index >= 15 is 0 Å². The Labute approximate surface area is 122 Å². The third-order valence-corrected chi connectivity index (χ3v) is 3.85. The Balaban J connectivity index is 1.87. The second kappa shape index (κ2) is 5.52. The third-order valence-electron chi connectivity index (χ3n) is 3.85. The molecule has 0 spiro atoms. The van der Waals surface area contributed by atoms with Crippen LogP contribution in [0.5, 0.6) is 0 Å². The molecule has 1 aliphatic heterocycles. The van der Waals surface area contributed by atoms with Crippen molar-refractivity contribution in [3.8, 4) is 0 Å². The van der Waals surface area contributed by atoms with Crippen molar-refractivity contribution < 1.29 is 4.79 Å². The summed E-state index contributed by atoms with van der Waals surface area (Å²) in [7, 11) is 0. The maximum Gasteiger partial charge on any atom is 0.275 e. The number of benzene rings is 1. The van der Waals surface area contributed by atoms with Crippen LogP contribution in [-0.4, -0.2) is 33.2 Å². The van der Waals surface area contributed by atoms with E-state index in [1.807, 2.05) is 37.3 Å². The van der Waals surface area contributed by atoms with Gasteiger partial charge in [-0.05, 0) is 12.5 Å². The minimum absolute atomic E-state index is 0.0121. The van der Waals surface area contributed by atoms with Crippen LogP contribution >= 0.6 is 0 Å². The molecule has 0 N–H and O–H groups in total. The van der Waals surface area contributed by atoms with Crippen LogP contribution in [0.2, 0.25) is 0 Å². The molecule has 1 unspecified atom stereocenters. The number of fused-ring (bicyclic) bond motifs is 1. The standard InChI is InChI=1S/C16H17N3O2/c1-2-13-7-5-9-18(13)15(20)11-19-16(21)14-8-4-3-6-12(14)10-17-19/h3-8,10,13H,2,9,11H2,1H3. The molecule has 5 heteroatoms. The average molecular weight is 283 g/mol. The van der Waals surface area contributed by atoms with Gasteiger partial charge in [0.15, 0.2) is 0 Å². The van der Waals surface area contributed by atoms with Crippen molar-refractivity contribution in [2.24, 2.45) is 0 Å². The normalized spacial score (nSPS) is 17.6. The van der Waals surface area contributed by atoms with Gasteiger partial charge in [-0.1, -0.05) is 37.3 Å². The Morgan fingerprint density at radius 3 is 3.00 bits per heavy atom. The molecule has 2 aromatic rings. The number of rotatable bonds is 3. The van der Waals surface area contributed by atoms with Crippen molar-refractivity contribution in [2.45, 2.75) is 25.9 Å². The predicted molar refractivity (Wildman–Crippen MR) is 80.9 cm³/mol. The summed E-state index contributed by atoms with van der Waals surface area (Å²) in [5.74, 6) is -0.0725. The van der Waals surface area contributed by atoms with E-state index in [-0.39, 0.29) is 24.1 Å². The fraction of sp³-hybridized carbons (Fsp3) is 0.312. The molecule has 2 heterocycles. The molecule has 1 aliphatic rings. The van der Waals surface area contributed by atoms with Gasteiger partial charge >= 0.3 is 0 Å². The second-order valence-electron chi connectivity index (χ2n) is 5.14. The highest BCUT2D eigenvalue weighted by Gasteiger charge is 2.23. The molecular formula is C16H17N3O2. The van der Waals surface area contributed by atoms with Crippen molar-refractivity contribution in [1.29, 1.82) is 0 Å². The second-order valence-corrected chi connectivity index (χ2v) is 5.14. The van der Waals surface area contributed by atoms with Crippen LogP contribution in [0.15, 0.2) is 47.4 Å². The van der Waals surface area contributed by atoms with Crippen LogP contribution in [0, 0.1) is 0 Å². The monoisotopic (exact) mass is 283 g/mol. The molecule has 0 fully saturated rings. The smallest absolute Gasteiger partial charge is 0.275 e. The summed E-state index contributed by atoms with van der Waals surface area (Å²) >= 11 is 0. The van der Waals surface area contributed by atoms with Gasteiger partial charge < -0.3 is 4.90 Å². The molecule has 0 aliphatic carbocycles. The maximum absolute atomic E-state index is 12.4. The lowest BCUT2D eigenvalue weighted by atomic mass is 10.2. The van der Waals surface area contributed by atoms with Crippen molar-refractivity contribution in [1.82, 2.24) is 14.7 Å². The Morgan fingerprint density at radius 1 is 1.38 bits per heavy atom. The minimum atomic E-state index is -0.221. The van der Waals surface area contributed by atoms with Crippen LogP contribution in [-0.2, 0) is 11.3 Å². The number of carbonyl (C=O) groups is 1. The van der Waals surface area contributed by atoms with Gasteiger partial charge in [-0.3, -0.25) is 9.59 Å². The van der Waals surface area contributed by atoms with Crippen molar-refractivity contribution in [3.63, 3.8) is 0 Å². The lowest BCUT2D eigenvalue weighted by molar-refractivity contribution is -0.132. The first-order valence-electron chi connectivity index (χ1n) is 7.11. The van der Waals surface area contributed by atoms with E-state index in [2.05, 4.69) is 5.10 Å². The van der Waals surface area contributed by atoms with Crippen LogP contribution < -0.4 is 5.56 Å². The lowest BCUT2D eigenvalue weighted by Gasteiger charge is -2.23. The molecule has 0 saturated heterocycles. The first kappa shape index (κ1) is 13.5. The number of amides is 1. The van der Waals surface area contributed by atoms with Gasteiger partial charge in [0.25, 0.3) is 5.56 Å². The summed E-state index contributed by atoms with van der Waals surface area (Å²) in [6.45, 7) is 2.64. The van der Waals surface area contributed by atoms with Crippen LogP contribution in [0.1, 0.15) is 13.3 Å². The fourth-order valence-electron chi connectivity index (χ4n) is 2.67.